The van der Waals surface area contributed by atoms with Gasteiger partial charge in [-0.15, -0.1) is 0 Å². The summed E-state index contributed by atoms with van der Waals surface area (Å²) in [4.78, 5) is 12.2. The lowest BCUT2D eigenvalue weighted by Gasteiger charge is -2.21. The molecule has 2 nitrogen and oxygen atoms in total. The molecule has 0 bridgehead atoms. The minimum atomic E-state index is -2.30. The summed E-state index contributed by atoms with van der Waals surface area (Å²) in [6, 6.07) is 7.95. The second-order valence-corrected chi connectivity index (χ2v) is 6.01. The van der Waals surface area contributed by atoms with Gasteiger partial charge < -0.3 is 5.32 Å². The summed E-state index contributed by atoms with van der Waals surface area (Å²) in [5, 5.41) is 2.36. The normalized spacial score (nSPS) is 12.3. The van der Waals surface area contributed by atoms with Crippen LogP contribution in [0.25, 0.3) is 0 Å². The number of amides is 1. The molecule has 134 valence electrons. The van der Waals surface area contributed by atoms with Gasteiger partial charge >= 0.3 is 0 Å². The quantitative estimate of drug-likeness (QED) is 0.460. The standard InChI is InChI=1S/C18H16F5NO/c1-9(2)8-11(10-6-4-3-5-7-10)24-18(25)12-13(19)15(21)17(23)16(22)14(12)20/h3-7,9,11H,8H2,1-2H3,(H,24,25)/t11-/m0/s1. The Hall–Kier alpha value is -2.44. The maximum absolute atomic E-state index is 13.8. The highest BCUT2D eigenvalue weighted by Crippen LogP contribution is 2.26. The van der Waals surface area contributed by atoms with Crippen molar-refractivity contribution < 1.29 is 26.7 Å². The summed E-state index contributed by atoms with van der Waals surface area (Å²) in [6.07, 6.45) is 0.422. The molecule has 0 heterocycles. The van der Waals surface area contributed by atoms with Crippen molar-refractivity contribution in [1.29, 1.82) is 0 Å². The maximum atomic E-state index is 13.8. The summed E-state index contributed by atoms with van der Waals surface area (Å²) < 4.78 is 67.3. The van der Waals surface area contributed by atoms with Gasteiger partial charge in [0.15, 0.2) is 23.3 Å². The van der Waals surface area contributed by atoms with E-state index >= 15 is 0 Å². The Labute approximate surface area is 141 Å². The van der Waals surface area contributed by atoms with Gasteiger partial charge in [0.1, 0.15) is 5.56 Å². The fourth-order valence-corrected chi connectivity index (χ4v) is 2.47. The van der Waals surface area contributed by atoms with Gasteiger partial charge in [0.2, 0.25) is 5.82 Å². The SMILES string of the molecule is CC(C)C[C@H](NC(=O)c1c(F)c(F)c(F)c(F)c1F)c1ccccc1. The van der Waals surface area contributed by atoms with E-state index in [0.29, 0.717) is 12.0 Å². The van der Waals surface area contributed by atoms with Gasteiger partial charge in [-0.1, -0.05) is 44.2 Å². The topological polar surface area (TPSA) is 29.1 Å². The smallest absolute Gasteiger partial charge is 0.257 e. The number of hydrogen-bond donors (Lipinski definition) is 1. The van der Waals surface area contributed by atoms with Crippen molar-refractivity contribution in [3.8, 4) is 0 Å². The van der Waals surface area contributed by atoms with Crippen molar-refractivity contribution in [1.82, 2.24) is 5.32 Å². The molecule has 7 heteroatoms. The molecular weight excluding hydrogens is 341 g/mol. The summed E-state index contributed by atoms with van der Waals surface area (Å²) in [5.41, 5.74) is -0.825. The molecule has 0 unspecified atom stereocenters. The first-order chi connectivity index (χ1) is 11.7. The van der Waals surface area contributed by atoms with E-state index < -0.39 is 46.6 Å². The van der Waals surface area contributed by atoms with E-state index in [1.54, 1.807) is 30.3 Å². The second-order valence-electron chi connectivity index (χ2n) is 6.01. The molecule has 0 aliphatic rings. The molecule has 2 aromatic carbocycles. The number of rotatable bonds is 5. The van der Waals surface area contributed by atoms with Gasteiger partial charge in [-0.3, -0.25) is 4.79 Å². The van der Waals surface area contributed by atoms with Crippen LogP contribution in [0.4, 0.5) is 22.0 Å². The molecule has 2 aromatic rings. The van der Waals surface area contributed by atoms with Gasteiger partial charge in [-0.05, 0) is 17.9 Å². The molecule has 0 spiro atoms. The van der Waals surface area contributed by atoms with Crippen molar-refractivity contribution in [2.45, 2.75) is 26.3 Å². The largest absolute Gasteiger partial charge is 0.345 e. The van der Waals surface area contributed by atoms with Crippen LogP contribution in [0.5, 0.6) is 0 Å². The van der Waals surface area contributed by atoms with Crippen LogP contribution in [0, 0.1) is 35.0 Å². The van der Waals surface area contributed by atoms with Crippen molar-refractivity contribution in [2.24, 2.45) is 5.92 Å². The molecule has 1 N–H and O–H groups in total. The number of halogens is 5. The van der Waals surface area contributed by atoms with Crippen LogP contribution in [0.2, 0.25) is 0 Å². The van der Waals surface area contributed by atoms with Crippen LogP contribution in [0.1, 0.15) is 42.2 Å². The zero-order valence-corrected chi connectivity index (χ0v) is 13.5. The average Bonchev–Trinajstić information content (AvgIpc) is 2.58. The number of carbonyl (C=O) groups excluding carboxylic acids is 1. The lowest BCUT2D eigenvalue weighted by atomic mass is 9.96. The Morgan fingerprint density at radius 3 is 1.84 bits per heavy atom. The molecule has 0 radical (unpaired) electrons. The highest BCUT2D eigenvalue weighted by molar-refractivity contribution is 5.95. The molecule has 1 amide bonds. The van der Waals surface area contributed by atoms with Crippen molar-refractivity contribution in [3.05, 3.63) is 70.5 Å². The monoisotopic (exact) mass is 357 g/mol. The van der Waals surface area contributed by atoms with E-state index in [1.807, 2.05) is 13.8 Å². The van der Waals surface area contributed by atoms with Crippen LogP contribution in [0.15, 0.2) is 30.3 Å². The Balaban J connectivity index is 2.40. The van der Waals surface area contributed by atoms with Crippen LogP contribution in [-0.2, 0) is 0 Å². The Morgan fingerprint density at radius 1 is 0.880 bits per heavy atom. The number of hydrogen-bond acceptors (Lipinski definition) is 1. The van der Waals surface area contributed by atoms with Crippen LogP contribution in [-0.4, -0.2) is 5.91 Å². The molecule has 0 fully saturated rings. The number of benzene rings is 2. The van der Waals surface area contributed by atoms with Gasteiger partial charge in [-0.25, -0.2) is 22.0 Å². The maximum Gasteiger partial charge on any atom is 0.257 e. The van der Waals surface area contributed by atoms with Crippen LogP contribution < -0.4 is 5.32 Å². The van der Waals surface area contributed by atoms with E-state index in [-0.39, 0.29) is 5.92 Å². The Bertz CT molecular complexity index is 748. The molecule has 25 heavy (non-hydrogen) atoms. The Morgan fingerprint density at radius 2 is 1.36 bits per heavy atom. The third kappa shape index (κ3) is 3.97. The third-order valence-corrected chi connectivity index (χ3v) is 3.65. The molecule has 0 aromatic heterocycles. The second kappa shape index (κ2) is 7.63. The summed E-state index contributed by atoms with van der Waals surface area (Å²) >= 11 is 0. The summed E-state index contributed by atoms with van der Waals surface area (Å²) in [5.74, 6) is -12.1. The highest BCUT2D eigenvalue weighted by Gasteiger charge is 2.30. The lowest BCUT2D eigenvalue weighted by Crippen LogP contribution is -2.31. The minimum Gasteiger partial charge on any atom is -0.345 e. The lowest BCUT2D eigenvalue weighted by molar-refractivity contribution is 0.0920. The first-order valence-electron chi connectivity index (χ1n) is 7.61. The van der Waals surface area contributed by atoms with Gasteiger partial charge in [0.25, 0.3) is 5.91 Å². The van der Waals surface area contributed by atoms with E-state index in [0.717, 1.165) is 0 Å². The average molecular weight is 357 g/mol. The van der Waals surface area contributed by atoms with Crippen LogP contribution >= 0.6 is 0 Å². The Kier molecular flexibility index (Phi) is 5.77. The van der Waals surface area contributed by atoms with Gasteiger partial charge in [0, 0.05) is 0 Å². The van der Waals surface area contributed by atoms with Crippen LogP contribution in [0.3, 0.4) is 0 Å². The van der Waals surface area contributed by atoms with Crippen molar-refractivity contribution >= 4 is 5.91 Å². The van der Waals surface area contributed by atoms with E-state index in [4.69, 9.17) is 0 Å². The zero-order valence-electron chi connectivity index (χ0n) is 13.5. The predicted molar refractivity (Wildman–Crippen MR) is 82.3 cm³/mol. The molecule has 0 saturated heterocycles. The highest BCUT2D eigenvalue weighted by atomic mass is 19.2. The summed E-state index contributed by atoms with van der Waals surface area (Å²) in [7, 11) is 0. The molecule has 2 rings (SSSR count). The zero-order chi connectivity index (χ0) is 18.7. The van der Waals surface area contributed by atoms with E-state index in [1.165, 1.54) is 0 Å². The molecule has 1 atom stereocenters. The van der Waals surface area contributed by atoms with E-state index in [2.05, 4.69) is 5.32 Å². The minimum absolute atomic E-state index is 0.113. The fourth-order valence-electron chi connectivity index (χ4n) is 2.47. The fraction of sp³-hybridized carbons (Fsp3) is 0.278. The summed E-state index contributed by atoms with van der Waals surface area (Å²) in [6.45, 7) is 3.75. The van der Waals surface area contributed by atoms with Gasteiger partial charge in [0.05, 0.1) is 6.04 Å². The van der Waals surface area contributed by atoms with Gasteiger partial charge in [-0.2, -0.15) is 0 Å². The predicted octanol–water partition coefficient (Wildman–Crippen LogP) is 4.90. The first kappa shape index (κ1) is 18.9. The van der Waals surface area contributed by atoms with E-state index in [9.17, 15) is 26.7 Å². The molecule has 0 aliphatic carbocycles. The number of carbonyl (C=O) groups is 1. The van der Waals surface area contributed by atoms with Crippen molar-refractivity contribution in [2.75, 3.05) is 0 Å². The first-order valence-corrected chi connectivity index (χ1v) is 7.61. The molecular formula is C18H16F5NO. The third-order valence-electron chi connectivity index (χ3n) is 3.65. The number of nitrogens with one attached hydrogen (secondary N) is 1. The molecule has 0 aliphatic heterocycles. The molecule has 0 saturated carbocycles. The van der Waals surface area contributed by atoms with Crippen molar-refractivity contribution in [3.63, 3.8) is 0 Å².